The number of hydrogen-bond acceptors (Lipinski definition) is 3. The van der Waals surface area contributed by atoms with Gasteiger partial charge in [-0.25, -0.2) is 8.42 Å². The van der Waals surface area contributed by atoms with Gasteiger partial charge in [0.05, 0.1) is 10.1 Å². The van der Waals surface area contributed by atoms with Crippen LogP contribution >= 0.6 is 15.9 Å². The first kappa shape index (κ1) is 13.4. The highest BCUT2D eigenvalue weighted by molar-refractivity contribution is 9.10. The van der Waals surface area contributed by atoms with Crippen LogP contribution in [0.5, 0.6) is 0 Å². The Labute approximate surface area is 104 Å². The average molecular weight is 305 g/mol. The second-order valence-corrected chi connectivity index (χ2v) is 7.00. The first-order valence-electron chi connectivity index (χ1n) is 4.83. The summed E-state index contributed by atoms with van der Waals surface area (Å²) in [7, 11) is -3.39. The number of hydrogen-bond donors (Lipinski definition) is 0. The van der Waals surface area contributed by atoms with Crippen molar-refractivity contribution in [3.05, 3.63) is 28.7 Å². The number of rotatable bonds is 4. The Morgan fingerprint density at radius 3 is 2.25 bits per heavy atom. The molecule has 0 spiro atoms. The van der Waals surface area contributed by atoms with E-state index in [1.807, 2.05) is 0 Å². The molecule has 0 amide bonds. The Hall–Kier alpha value is -0.680. The molecule has 0 fully saturated rings. The fourth-order valence-electron chi connectivity index (χ4n) is 1.37. The Morgan fingerprint density at radius 1 is 1.31 bits per heavy atom. The molecule has 88 valence electrons. The van der Waals surface area contributed by atoms with Crippen molar-refractivity contribution in [1.82, 2.24) is 0 Å². The van der Waals surface area contributed by atoms with Crippen LogP contribution in [0.1, 0.15) is 20.3 Å². The van der Waals surface area contributed by atoms with Crippen molar-refractivity contribution in [2.24, 2.45) is 0 Å². The van der Waals surface area contributed by atoms with E-state index >= 15 is 0 Å². The highest BCUT2D eigenvalue weighted by atomic mass is 79.9. The van der Waals surface area contributed by atoms with Gasteiger partial charge in [0.1, 0.15) is 5.78 Å². The van der Waals surface area contributed by atoms with Crippen molar-refractivity contribution in [2.75, 3.05) is 0 Å². The number of carbonyl (C=O) groups is 1. The zero-order valence-corrected chi connectivity index (χ0v) is 11.5. The molecule has 5 heteroatoms. The van der Waals surface area contributed by atoms with Gasteiger partial charge in [0.15, 0.2) is 9.84 Å². The lowest BCUT2D eigenvalue weighted by atomic mass is 10.2. The van der Waals surface area contributed by atoms with Gasteiger partial charge in [-0.1, -0.05) is 15.9 Å². The number of carbonyl (C=O) groups excluding carboxylic acids is 1. The minimum Gasteiger partial charge on any atom is -0.300 e. The number of Topliss-reactive ketones (excluding diaryl/α,β-unsaturated/α-hetero) is 1. The van der Waals surface area contributed by atoms with Gasteiger partial charge in [-0.15, -0.1) is 0 Å². The summed E-state index contributed by atoms with van der Waals surface area (Å²) in [5.74, 6) is -0.117. The van der Waals surface area contributed by atoms with Gasteiger partial charge in [0.25, 0.3) is 0 Å². The fourth-order valence-corrected chi connectivity index (χ4v) is 3.07. The normalized spacial score (nSPS) is 13.4. The van der Waals surface area contributed by atoms with Crippen LogP contribution in [-0.2, 0) is 14.6 Å². The summed E-state index contributed by atoms with van der Waals surface area (Å²) >= 11 is 3.24. The van der Waals surface area contributed by atoms with E-state index in [2.05, 4.69) is 15.9 Å². The Bertz CT molecular complexity index is 476. The quantitative estimate of drug-likeness (QED) is 0.859. The lowest BCUT2D eigenvalue weighted by Gasteiger charge is -2.11. The van der Waals surface area contributed by atoms with Crippen LogP contribution in [0.2, 0.25) is 0 Å². The van der Waals surface area contributed by atoms with Crippen molar-refractivity contribution in [3.8, 4) is 0 Å². The average Bonchev–Trinajstić information content (AvgIpc) is 2.17. The summed E-state index contributed by atoms with van der Waals surface area (Å²) in [4.78, 5) is 11.2. The topological polar surface area (TPSA) is 51.2 Å². The van der Waals surface area contributed by atoms with Crippen LogP contribution in [0.3, 0.4) is 0 Å². The first-order valence-corrected chi connectivity index (χ1v) is 7.17. The third-order valence-electron chi connectivity index (χ3n) is 2.25. The molecule has 0 saturated heterocycles. The SMILES string of the molecule is CC(=O)CC(C)S(=O)(=O)c1ccc(Br)cc1. The maximum Gasteiger partial charge on any atom is 0.181 e. The standard InChI is InChI=1S/C11H13BrO3S/c1-8(13)7-9(2)16(14,15)11-5-3-10(12)4-6-11/h3-6,9H,7H2,1-2H3. The minimum atomic E-state index is -3.39. The highest BCUT2D eigenvalue weighted by Crippen LogP contribution is 2.20. The maximum atomic E-state index is 12.0. The Morgan fingerprint density at radius 2 is 1.81 bits per heavy atom. The second kappa shape index (κ2) is 5.10. The number of ketones is 1. The van der Waals surface area contributed by atoms with E-state index in [0.29, 0.717) is 0 Å². The first-order chi connectivity index (χ1) is 7.34. The van der Waals surface area contributed by atoms with Crippen molar-refractivity contribution < 1.29 is 13.2 Å². The van der Waals surface area contributed by atoms with Gasteiger partial charge >= 0.3 is 0 Å². The van der Waals surface area contributed by atoms with E-state index in [1.54, 1.807) is 19.1 Å². The number of benzene rings is 1. The largest absolute Gasteiger partial charge is 0.300 e. The van der Waals surface area contributed by atoms with Gasteiger partial charge in [0, 0.05) is 10.9 Å². The summed E-state index contributed by atoms with van der Waals surface area (Å²) in [6.07, 6.45) is 0.0540. The fraction of sp³-hybridized carbons (Fsp3) is 0.364. The molecule has 0 aliphatic heterocycles. The van der Waals surface area contributed by atoms with E-state index in [4.69, 9.17) is 0 Å². The van der Waals surface area contributed by atoms with Crippen LogP contribution in [0, 0.1) is 0 Å². The minimum absolute atomic E-state index is 0.0540. The Kier molecular flexibility index (Phi) is 4.27. The van der Waals surface area contributed by atoms with Crippen molar-refractivity contribution in [1.29, 1.82) is 0 Å². The molecule has 0 saturated carbocycles. The van der Waals surface area contributed by atoms with E-state index in [0.717, 1.165) is 4.47 Å². The van der Waals surface area contributed by atoms with Crippen LogP contribution in [-0.4, -0.2) is 19.5 Å². The summed E-state index contributed by atoms with van der Waals surface area (Å²) in [5.41, 5.74) is 0. The maximum absolute atomic E-state index is 12.0. The highest BCUT2D eigenvalue weighted by Gasteiger charge is 2.24. The predicted octanol–water partition coefficient (Wildman–Crippen LogP) is 2.59. The molecular weight excluding hydrogens is 292 g/mol. The lowest BCUT2D eigenvalue weighted by Crippen LogP contribution is -2.20. The molecule has 0 radical (unpaired) electrons. The molecule has 0 aliphatic carbocycles. The van der Waals surface area contributed by atoms with Crippen LogP contribution in [0.25, 0.3) is 0 Å². The van der Waals surface area contributed by atoms with Crippen LogP contribution in [0.4, 0.5) is 0 Å². The summed E-state index contributed by atoms with van der Waals surface area (Å²) < 4.78 is 24.8. The summed E-state index contributed by atoms with van der Waals surface area (Å²) in [6.45, 7) is 2.95. The Balaban J connectivity index is 3.02. The van der Waals surface area contributed by atoms with Crippen LogP contribution in [0.15, 0.2) is 33.6 Å². The predicted molar refractivity (Wildman–Crippen MR) is 66.1 cm³/mol. The molecule has 0 aromatic heterocycles. The van der Waals surface area contributed by atoms with E-state index < -0.39 is 15.1 Å². The van der Waals surface area contributed by atoms with Gasteiger partial charge in [-0.2, -0.15) is 0 Å². The number of halogens is 1. The van der Waals surface area contributed by atoms with Crippen molar-refractivity contribution in [2.45, 2.75) is 30.4 Å². The number of sulfone groups is 1. The summed E-state index contributed by atoms with van der Waals surface area (Å²) in [5, 5.41) is -0.675. The molecule has 3 nitrogen and oxygen atoms in total. The third-order valence-corrected chi connectivity index (χ3v) is 4.93. The molecule has 1 aromatic rings. The van der Waals surface area contributed by atoms with Gasteiger partial charge in [0.2, 0.25) is 0 Å². The summed E-state index contributed by atoms with van der Waals surface area (Å²) in [6, 6.07) is 6.42. The van der Waals surface area contributed by atoms with Gasteiger partial charge in [-0.05, 0) is 38.1 Å². The molecule has 1 aromatic carbocycles. The molecule has 1 unspecified atom stereocenters. The van der Waals surface area contributed by atoms with Crippen molar-refractivity contribution >= 4 is 31.6 Å². The third kappa shape index (κ3) is 3.15. The molecule has 0 N–H and O–H groups in total. The molecule has 1 atom stereocenters. The van der Waals surface area contributed by atoms with Crippen molar-refractivity contribution in [3.63, 3.8) is 0 Å². The van der Waals surface area contributed by atoms with Gasteiger partial charge in [-0.3, -0.25) is 4.79 Å². The second-order valence-electron chi connectivity index (χ2n) is 3.72. The molecular formula is C11H13BrO3S. The molecule has 0 heterocycles. The zero-order chi connectivity index (χ0) is 12.3. The van der Waals surface area contributed by atoms with E-state index in [1.165, 1.54) is 19.1 Å². The molecule has 0 bridgehead atoms. The van der Waals surface area contributed by atoms with Crippen LogP contribution < -0.4 is 0 Å². The zero-order valence-electron chi connectivity index (χ0n) is 9.10. The monoisotopic (exact) mass is 304 g/mol. The molecule has 1 rings (SSSR count). The molecule has 16 heavy (non-hydrogen) atoms. The molecule has 0 aliphatic rings. The smallest absolute Gasteiger partial charge is 0.181 e. The van der Waals surface area contributed by atoms with E-state index in [-0.39, 0.29) is 17.1 Å². The van der Waals surface area contributed by atoms with Gasteiger partial charge < -0.3 is 0 Å². The van der Waals surface area contributed by atoms with E-state index in [9.17, 15) is 13.2 Å². The lowest BCUT2D eigenvalue weighted by molar-refractivity contribution is -0.116.